The lowest BCUT2D eigenvalue weighted by molar-refractivity contribution is 0.0668. The van der Waals surface area contributed by atoms with E-state index < -0.39 is 6.10 Å². The number of rotatable bonds is 7. The molecule has 1 fully saturated rings. The number of halogens is 1. The molecule has 2 unspecified atom stereocenters. The predicted octanol–water partition coefficient (Wildman–Crippen LogP) is 3.37. The topological polar surface area (TPSA) is 32.7 Å². The van der Waals surface area contributed by atoms with Gasteiger partial charge in [0.15, 0.2) is 0 Å². The SMILES string of the molecule is CCN(CCC(O)c1ccccc1Br)CC1CCCO1. The highest BCUT2D eigenvalue weighted by Gasteiger charge is 2.19. The molecule has 1 aromatic rings. The molecular weight excluding hydrogens is 318 g/mol. The van der Waals surface area contributed by atoms with E-state index in [0.29, 0.717) is 6.10 Å². The molecule has 0 amide bonds. The Hall–Kier alpha value is -0.420. The molecule has 1 N–H and O–H groups in total. The molecule has 1 saturated heterocycles. The normalized spacial score (nSPS) is 20.5. The van der Waals surface area contributed by atoms with Gasteiger partial charge in [-0.25, -0.2) is 0 Å². The second kappa shape index (κ2) is 8.13. The second-order valence-corrected chi connectivity index (χ2v) is 6.21. The summed E-state index contributed by atoms with van der Waals surface area (Å²) >= 11 is 3.50. The summed E-state index contributed by atoms with van der Waals surface area (Å²) < 4.78 is 6.67. The van der Waals surface area contributed by atoms with E-state index >= 15 is 0 Å². The molecule has 0 aliphatic carbocycles. The number of ether oxygens (including phenoxy) is 1. The van der Waals surface area contributed by atoms with Crippen molar-refractivity contribution in [3.05, 3.63) is 34.3 Å². The lowest BCUT2D eigenvalue weighted by Crippen LogP contribution is -2.33. The molecule has 1 aromatic carbocycles. The summed E-state index contributed by atoms with van der Waals surface area (Å²) in [5.41, 5.74) is 0.973. The van der Waals surface area contributed by atoms with E-state index in [0.717, 1.165) is 42.7 Å². The summed E-state index contributed by atoms with van der Waals surface area (Å²) in [6.45, 7) is 5.96. The molecule has 0 aromatic heterocycles. The first-order valence-corrected chi connectivity index (χ1v) is 8.26. The highest BCUT2D eigenvalue weighted by atomic mass is 79.9. The molecule has 20 heavy (non-hydrogen) atoms. The van der Waals surface area contributed by atoms with Crippen LogP contribution in [0.4, 0.5) is 0 Å². The molecule has 0 radical (unpaired) electrons. The summed E-state index contributed by atoms with van der Waals surface area (Å²) in [6, 6.07) is 7.89. The van der Waals surface area contributed by atoms with E-state index in [-0.39, 0.29) is 0 Å². The van der Waals surface area contributed by atoms with Gasteiger partial charge >= 0.3 is 0 Å². The van der Waals surface area contributed by atoms with Gasteiger partial charge < -0.3 is 14.7 Å². The van der Waals surface area contributed by atoms with Crippen LogP contribution < -0.4 is 0 Å². The maximum absolute atomic E-state index is 10.3. The van der Waals surface area contributed by atoms with Gasteiger partial charge in [0, 0.05) is 24.2 Å². The number of hydrogen-bond donors (Lipinski definition) is 1. The van der Waals surface area contributed by atoms with Crippen LogP contribution >= 0.6 is 15.9 Å². The Morgan fingerprint density at radius 1 is 1.45 bits per heavy atom. The van der Waals surface area contributed by atoms with Crippen LogP contribution in [-0.2, 0) is 4.74 Å². The van der Waals surface area contributed by atoms with Gasteiger partial charge in [0.2, 0.25) is 0 Å². The molecule has 0 bridgehead atoms. The monoisotopic (exact) mass is 341 g/mol. The fourth-order valence-electron chi connectivity index (χ4n) is 2.66. The van der Waals surface area contributed by atoms with E-state index in [4.69, 9.17) is 4.74 Å². The molecule has 3 nitrogen and oxygen atoms in total. The van der Waals surface area contributed by atoms with Crippen molar-refractivity contribution in [2.24, 2.45) is 0 Å². The fourth-order valence-corrected chi connectivity index (χ4v) is 3.21. The van der Waals surface area contributed by atoms with Gasteiger partial charge in [0.1, 0.15) is 0 Å². The first-order valence-electron chi connectivity index (χ1n) is 7.47. The van der Waals surface area contributed by atoms with Crippen molar-refractivity contribution in [3.63, 3.8) is 0 Å². The van der Waals surface area contributed by atoms with Crippen LogP contribution in [0.2, 0.25) is 0 Å². The fraction of sp³-hybridized carbons (Fsp3) is 0.625. The Bertz CT molecular complexity index is 407. The summed E-state index contributed by atoms with van der Waals surface area (Å²) in [5, 5.41) is 10.3. The number of likely N-dealkylation sites (N-methyl/N-ethyl adjacent to an activating group) is 1. The Morgan fingerprint density at radius 3 is 2.90 bits per heavy atom. The summed E-state index contributed by atoms with van der Waals surface area (Å²) in [6.07, 6.45) is 3.08. The van der Waals surface area contributed by atoms with Crippen molar-refractivity contribution in [2.75, 3.05) is 26.2 Å². The van der Waals surface area contributed by atoms with Gasteiger partial charge in [0.05, 0.1) is 12.2 Å². The van der Waals surface area contributed by atoms with Crippen molar-refractivity contribution < 1.29 is 9.84 Å². The zero-order valence-electron chi connectivity index (χ0n) is 12.1. The zero-order chi connectivity index (χ0) is 14.4. The molecule has 2 atom stereocenters. The Balaban J connectivity index is 1.81. The van der Waals surface area contributed by atoms with E-state index in [1.165, 1.54) is 12.8 Å². The third-order valence-electron chi connectivity index (χ3n) is 3.92. The predicted molar refractivity (Wildman–Crippen MR) is 84.8 cm³/mol. The van der Waals surface area contributed by atoms with Gasteiger partial charge in [-0.15, -0.1) is 0 Å². The smallest absolute Gasteiger partial charge is 0.0813 e. The van der Waals surface area contributed by atoms with Crippen molar-refractivity contribution in [2.45, 2.75) is 38.4 Å². The maximum atomic E-state index is 10.3. The Labute approximate surface area is 130 Å². The van der Waals surface area contributed by atoms with E-state index in [1.807, 2.05) is 24.3 Å². The average molecular weight is 342 g/mol. The number of aliphatic hydroxyl groups excluding tert-OH is 1. The van der Waals surface area contributed by atoms with Gasteiger partial charge in [-0.05, 0) is 37.4 Å². The van der Waals surface area contributed by atoms with Gasteiger partial charge in [-0.2, -0.15) is 0 Å². The second-order valence-electron chi connectivity index (χ2n) is 5.35. The summed E-state index contributed by atoms with van der Waals surface area (Å²) in [4.78, 5) is 2.37. The van der Waals surface area contributed by atoms with Gasteiger partial charge in [-0.1, -0.05) is 41.1 Å². The number of aliphatic hydroxyl groups is 1. The lowest BCUT2D eigenvalue weighted by atomic mass is 10.1. The van der Waals surface area contributed by atoms with Crippen LogP contribution in [0.15, 0.2) is 28.7 Å². The highest BCUT2D eigenvalue weighted by Crippen LogP contribution is 2.25. The Kier molecular flexibility index (Phi) is 6.49. The van der Waals surface area contributed by atoms with Gasteiger partial charge in [-0.3, -0.25) is 0 Å². The molecule has 1 aliphatic heterocycles. The molecule has 0 spiro atoms. The summed E-state index contributed by atoms with van der Waals surface area (Å²) in [5.74, 6) is 0. The quantitative estimate of drug-likeness (QED) is 0.825. The van der Waals surface area contributed by atoms with Gasteiger partial charge in [0.25, 0.3) is 0 Å². The standard InChI is InChI=1S/C16H24BrNO2/c1-2-18(12-13-6-5-11-20-13)10-9-16(19)14-7-3-4-8-15(14)17/h3-4,7-8,13,16,19H,2,5-6,9-12H2,1H3. The van der Waals surface area contributed by atoms with Crippen molar-refractivity contribution >= 4 is 15.9 Å². The first-order chi connectivity index (χ1) is 9.70. The van der Waals surface area contributed by atoms with Crippen molar-refractivity contribution in [1.29, 1.82) is 0 Å². The van der Waals surface area contributed by atoms with E-state index in [2.05, 4.69) is 27.8 Å². The highest BCUT2D eigenvalue weighted by molar-refractivity contribution is 9.10. The number of benzene rings is 1. The van der Waals surface area contributed by atoms with Crippen LogP contribution in [0.5, 0.6) is 0 Å². The average Bonchev–Trinajstić information content (AvgIpc) is 2.96. The lowest BCUT2D eigenvalue weighted by Gasteiger charge is -2.25. The van der Waals surface area contributed by atoms with Crippen LogP contribution in [0.1, 0.15) is 37.9 Å². The first kappa shape index (κ1) is 16.0. The molecular formula is C16H24BrNO2. The van der Waals surface area contributed by atoms with Crippen LogP contribution in [-0.4, -0.2) is 42.4 Å². The summed E-state index contributed by atoms with van der Waals surface area (Å²) in [7, 11) is 0. The number of hydrogen-bond acceptors (Lipinski definition) is 3. The van der Waals surface area contributed by atoms with Crippen molar-refractivity contribution in [1.82, 2.24) is 4.90 Å². The number of nitrogens with zero attached hydrogens (tertiary/aromatic N) is 1. The minimum atomic E-state index is -0.413. The Morgan fingerprint density at radius 2 is 2.25 bits per heavy atom. The van der Waals surface area contributed by atoms with E-state index in [9.17, 15) is 5.11 Å². The largest absolute Gasteiger partial charge is 0.388 e. The minimum absolute atomic E-state index is 0.385. The van der Waals surface area contributed by atoms with Crippen LogP contribution in [0, 0.1) is 0 Å². The molecule has 1 heterocycles. The van der Waals surface area contributed by atoms with E-state index in [1.54, 1.807) is 0 Å². The third-order valence-corrected chi connectivity index (χ3v) is 4.64. The third kappa shape index (κ3) is 4.55. The molecule has 4 heteroatoms. The minimum Gasteiger partial charge on any atom is -0.388 e. The van der Waals surface area contributed by atoms with Crippen molar-refractivity contribution in [3.8, 4) is 0 Å². The van der Waals surface area contributed by atoms with Crippen LogP contribution in [0.25, 0.3) is 0 Å². The molecule has 0 saturated carbocycles. The molecule has 1 aliphatic rings. The van der Waals surface area contributed by atoms with Crippen LogP contribution in [0.3, 0.4) is 0 Å². The molecule has 2 rings (SSSR count). The zero-order valence-corrected chi connectivity index (χ0v) is 13.7. The maximum Gasteiger partial charge on any atom is 0.0813 e. The molecule has 112 valence electrons.